The molecule has 1 saturated heterocycles. The largest absolute Gasteiger partial charge is 0.419 e. The number of halogens is 1. The van der Waals surface area contributed by atoms with Crippen LogP contribution in [0.25, 0.3) is 11.5 Å². The van der Waals surface area contributed by atoms with Gasteiger partial charge in [0.05, 0.1) is 6.04 Å². The van der Waals surface area contributed by atoms with Gasteiger partial charge in [-0.1, -0.05) is 35.4 Å². The van der Waals surface area contributed by atoms with Crippen molar-refractivity contribution in [3.8, 4) is 11.5 Å². The molecule has 0 unspecified atom stereocenters. The van der Waals surface area contributed by atoms with E-state index in [-0.39, 0.29) is 6.04 Å². The van der Waals surface area contributed by atoms with E-state index >= 15 is 0 Å². The Bertz CT molecular complexity index is 963. The highest BCUT2D eigenvalue weighted by atomic mass is 35.5. The van der Waals surface area contributed by atoms with E-state index in [1.807, 2.05) is 18.2 Å². The Kier molecular flexibility index (Phi) is 5.38. The van der Waals surface area contributed by atoms with Crippen LogP contribution >= 0.6 is 11.6 Å². The second-order valence-electron chi connectivity index (χ2n) is 7.44. The van der Waals surface area contributed by atoms with E-state index in [4.69, 9.17) is 16.0 Å². The van der Waals surface area contributed by atoms with Crippen LogP contribution in [0.4, 0.5) is 5.69 Å². The van der Waals surface area contributed by atoms with Crippen LogP contribution in [0.5, 0.6) is 0 Å². The first-order valence-corrected chi connectivity index (χ1v) is 10.0. The lowest BCUT2D eigenvalue weighted by atomic mass is 10.1. The van der Waals surface area contributed by atoms with E-state index < -0.39 is 0 Å². The minimum atomic E-state index is 0.0914. The number of rotatable bonds is 4. The van der Waals surface area contributed by atoms with Gasteiger partial charge in [-0.3, -0.25) is 4.90 Å². The zero-order chi connectivity index (χ0) is 19.7. The maximum Gasteiger partial charge on any atom is 0.247 e. The van der Waals surface area contributed by atoms with Gasteiger partial charge in [-0.2, -0.15) is 0 Å². The summed E-state index contributed by atoms with van der Waals surface area (Å²) in [7, 11) is 0. The zero-order valence-electron chi connectivity index (χ0n) is 16.5. The van der Waals surface area contributed by atoms with Gasteiger partial charge in [0.2, 0.25) is 11.8 Å². The van der Waals surface area contributed by atoms with Gasteiger partial charge >= 0.3 is 0 Å². The van der Waals surface area contributed by atoms with E-state index in [1.54, 1.807) is 0 Å². The van der Waals surface area contributed by atoms with E-state index in [1.165, 1.54) is 16.8 Å². The molecule has 1 fully saturated rings. The van der Waals surface area contributed by atoms with Gasteiger partial charge in [-0.05, 0) is 50.6 Å². The number of hydrogen-bond acceptors (Lipinski definition) is 5. The lowest BCUT2D eigenvalue weighted by Gasteiger charge is -2.38. The highest BCUT2D eigenvalue weighted by Gasteiger charge is 2.26. The standard InChI is InChI=1S/C22H25ClN4O/c1-15-5-4-6-18(13-15)22-25-24-21(28-22)17(3)26-9-11-27(12-10-26)20-14-19(23)8-7-16(20)2/h4-8,13-14,17H,9-12H2,1-3H3/t17-/m0/s1. The molecule has 146 valence electrons. The molecule has 0 amide bonds. The van der Waals surface area contributed by atoms with Crippen molar-refractivity contribution in [1.29, 1.82) is 0 Å². The van der Waals surface area contributed by atoms with Crippen molar-refractivity contribution in [3.05, 3.63) is 64.5 Å². The van der Waals surface area contributed by atoms with Gasteiger partial charge < -0.3 is 9.32 Å². The topological polar surface area (TPSA) is 45.4 Å². The molecule has 5 nitrogen and oxygen atoms in total. The number of aromatic nitrogens is 2. The smallest absolute Gasteiger partial charge is 0.247 e. The third-order valence-electron chi connectivity index (χ3n) is 5.44. The van der Waals surface area contributed by atoms with Crippen molar-refractivity contribution in [2.75, 3.05) is 31.1 Å². The van der Waals surface area contributed by atoms with Gasteiger partial charge in [-0.15, -0.1) is 10.2 Å². The van der Waals surface area contributed by atoms with Crippen LogP contribution < -0.4 is 4.90 Å². The molecule has 28 heavy (non-hydrogen) atoms. The monoisotopic (exact) mass is 396 g/mol. The summed E-state index contributed by atoms with van der Waals surface area (Å²) in [5.41, 5.74) is 4.62. The number of benzene rings is 2. The molecular formula is C22H25ClN4O. The third kappa shape index (κ3) is 3.91. The summed E-state index contributed by atoms with van der Waals surface area (Å²) < 4.78 is 5.99. The van der Waals surface area contributed by atoms with E-state index in [0.29, 0.717) is 11.8 Å². The summed E-state index contributed by atoms with van der Waals surface area (Å²) in [4.78, 5) is 4.79. The second kappa shape index (κ2) is 7.94. The molecule has 1 aliphatic heterocycles. The van der Waals surface area contributed by atoms with Crippen LogP contribution in [0.1, 0.15) is 30.0 Å². The molecule has 0 bridgehead atoms. The fraction of sp³-hybridized carbons (Fsp3) is 0.364. The molecule has 4 rings (SSSR count). The third-order valence-corrected chi connectivity index (χ3v) is 5.67. The molecule has 1 aromatic heterocycles. The van der Waals surface area contributed by atoms with Crippen LogP contribution in [-0.4, -0.2) is 41.3 Å². The molecule has 0 spiro atoms. The first-order valence-electron chi connectivity index (χ1n) is 9.67. The maximum absolute atomic E-state index is 6.19. The van der Waals surface area contributed by atoms with Gasteiger partial charge in [0.25, 0.3) is 0 Å². The molecule has 1 atom stereocenters. The van der Waals surface area contributed by atoms with Crippen molar-refractivity contribution in [2.24, 2.45) is 0 Å². The lowest BCUT2D eigenvalue weighted by Crippen LogP contribution is -2.47. The van der Waals surface area contributed by atoms with Gasteiger partial charge in [0.1, 0.15) is 0 Å². The van der Waals surface area contributed by atoms with Crippen LogP contribution in [0.2, 0.25) is 5.02 Å². The van der Waals surface area contributed by atoms with E-state index in [0.717, 1.165) is 36.8 Å². The fourth-order valence-electron chi connectivity index (χ4n) is 3.73. The van der Waals surface area contributed by atoms with E-state index in [2.05, 4.69) is 65.0 Å². The van der Waals surface area contributed by atoms with Crippen molar-refractivity contribution in [2.45, 2.75) is 26.8 Å². The van der Waals surface area contributed by atoms with E-state index in [9.17, 15) is 0 Å². The van der Waals surface area contributed by atoms with Crippen LogP contribution in [0.15, 0.2) is 46.9 Å². The summed E-state index contributed by atoms with van der Waals surface area (Å²) in [5, 5.41) is 9.35. The summed E-state index contributed by atoms with van der Waals surface area (Å²) in [6.45, 7) is 10.1. The van der Waals surface area contributed by atoms with Crippen LogP contribution in [0.3, 0.4) is 0 Å². The molecule has 0 radical (unpaired) electrons. The maximum atomic E-state index is 6.19. The van der Waals surface area contributed by atoms with Gasteiger partial charge in [0, 0.05) is 42.5 Å². The van der Waals surface area contributed by atoms with Gasteiger partial charge in [-0.25, -0.2) is 0 Å². The summed E-state index contributed by atoms with van der Waals surface area (Å²) in [6, 6.07) is 14.3. The molecule has 0 N–H and O–H groups in total. The normalized spacial score (nSPS) is 16.4. The van der Waals surface area contributed by atoms with Crippen molar-refractivity contribution < 1.29 is 4.42 Å². The predicted octanol–water partition coefficient (Wildman–Crippen LogP) is 4.89. The SMILES string of the molecule is Cc1cccc(-c2nnc([C@H](C)N3CCN(c4cc(Cl)ccc4C)CC3)o2)c1. The molecule has 0 saturated carbocycles. The number of aryl methyl sites for hydroxylation is 2. The second-order valence-corrected chi connectivity index (χ2v) is 7.88. The summed E-state index contributed by atoms with van der Waals surface area (Å²) >= 11 is 6.19. The number of hydrogen-bond donors (Lipinski definition) is 0. The molecule has 2 aromatic carbocycles. The summed E-state index contributed by atoms with van der Waals surface area (Å²) in [5.74, 6) is 1.25. The molecule has 0 aliphatic carbocycles. The number of piperazine rings is 1. The molecule has 1 aliphatic rings. The summed E-state index contributed by atoms with van der Waals surface area (Å²) in [6.07, 6.45) is 0. The zero-order valence-corrected chi connectivity index (χ0v) is 17.3. The minimum absolute atomic E-state index is 0.0914. The fourth-order valence-corrected chi connectivity index (χ4v) is 3.89. The Balaban J connectivity index is 1.43. The van der Waals surface area contributed by atoms with Crippen LogP contribution in [-0.2, 0) is 0 Å². The van der Waals surface area contributed by atoms with Crippen molar-refractivity contribution in [1.82, 2.24) is 15.1 Å². The molecular weight excluding hydrogens is 372 g/mol. The predicted molar refractivity (Wildman–Crippen MR) is 113 cm³/mol. The molecule has 2 heterocycles. The first-order chi connectivity index (χ1) is 13.5. The lowest BCUT2D eigenvalue weighted by molar-refractivity contribution is 0.173. The number of nitrogens with zero attached hydrogens (tertiary/aromatic N) is 4. The molecule has 3 aromatic rings. The average Bonchev–Trinajstić information content (AvgIpc) is 3.20. The van der Waals surface area contributed by atoms with Crippen molar-refractivity contribution >= 4 is 17.3 Å². The average molecular weight is 397 g/mol. The van der Waals surface area contributed by atoms with Crippen LogP contribution in [0, 0.1) is 13.8 Å². The Labute approximate surface area is 170 Å². The van der Waals surface area contributed by atoms with Gasteiger partial charge in [0.15, 0.2) is 0 Å². The quantitative estimate of drug-likeness (QED) is 0.628. The van der Waals surface area contributed by atoms with Crippen molar-refractivity contribution in [3.63, 3.8) is 0 Å². The highest BCUT2D eigenvalue weighted by molar-refractivity contribution is 6.30. The minimum Gasteiger partial charge on any atom is -0.419 e. The molecule has 6 heteroatoms. The number of anilines is 1. The Morgan fingerprint density at radius 3 is 2.54 bits per heavy atom. The highest BCUT2D eigenvalue weighted by Crippen LogP contribution is 2.28. The Hall–Kier alpha value is -2.37. The first kappa shape index (κ1) is 19.0. The Morgan fingerprint density at radius 1 is 1.00 bits per heavy atom. The Morgan fingerprint density at radius 2 is 1.79 bits per heavy atom.